The zero-order valence-electron chi connectivity index (χ0n) is 14.5. The predicted octanol–water partition coefficient (Wildman–Crippen LogP) is 3.16. The lowest BCUT2D eigenvalue weighted by Gasteiger charge is -2.29. The molecule has 0 aromatic carbocycles. The largest absolute Gasteiger partial charge is 0.496 e. The van der Waals surface area contributed by atoms with E-state index in [1.807, 2.05) is 40.0 Å². The van der Waals surface area contributed by atoms with Crippen molar-refractivity contribution in [2.45, 2.75) is 32.8 Å². The summed E-state index contributed by atoms with van der Waals surface area (Å²) in [6, 6.07) is 1.87. The second kappa shape index (κ2) is 6.89. The molecule has 6 heteroatoms. The van der Waals surface area contributed by atoms with Crippen LogP contribution in [0, 0.1) is 0 Å². The Balaban J connectivity index is 2.11. The minimum Gasteiger partial charge on any atom is -0.496 e. The van der Waals surface area contributed by atoms with E-state index in [0.717, 1.165) is 29.1 Å². The Morgan fingerprint density at radius 3 is 2.65 bits per heavy atom. The zero-order chi connectivity index (χ0) is 17.0. The van der Waals surface area contributed by atoms with Gasteiger partial charge >= 0.3 is 6.09 Å². The Morgan fingerprint density at radius 1 is 1.39 bits per heavy atom. The fourth-order valence-electron chi connectivity index (χ4n) is 2.39. The summed E-state index contributed by atoms with van der Waals surface area (Å²) in [4.78, 5) is 18.1. The molecule has 126 valence electrons. The Bertz CT molecular complexity index is 606. The van der Waals surface area contributed by atoms with Crippen LogP contribution in [0.25, 0.3) is 5.57 Å². The normalized spacial score (nSPS) is 15.0. The van der Waals surface area contributed by atoms with Gasteiger partial charge in [0, 0.05) is 38.0 Å². The van der Waals surface area contributed by atoms with Gasteiger partial charge in [-0.2, -0.15) is 0 Å². The van der Waals surface area contributed by atoms with Gasteiger partial charge in [-0.3, -0.25) is 0 Å². The number of ether oxygens (including phenoxy) is 2. The van der Waals surface area contributed by atoms with E-state index in [1.54, 1.807) is 18.2 Å². The fourth-order valence-corrected chi connectivity index (χ4v) is 2.39. The van der Waals surface area contributed by atoms with E-state index < -0.39 is 5.60 Å². The lowest BCUT2D eigenvalue weighted by Crippen LogP contribution is -2.39. The van der Waals surface area contributed by atoms with Crippen molar-refractivity contribution < 1.29 is 14.3 Å². The summed E-state index contributed by atoms with van der Waals surface area (Å²) in [7, 11) is 3.47. The maximum atomic E-state index is 12.1. The SMILES string of the molecule is CNc1cc(OC)c(C2=CCN(C(=O)OC(C)(C)C)CC2)cn1. The Morgan fingerprint density at radius 2 is 2.13 bits per heavy atom. The minimum atomic E-state index is -0.475. The first-order valence-electron chi connectivity index (χ1n) is 7.73. The molecule has 0 aliphatic carbocycles. The molecule has 1 aromatic heterocycles. The van der Waals surface area contributed by atoms with Gasteiger partial charge in [-0.05, 0) is 32.8 Å². The number of pyridine rings is 1. The Kier molecular flexibility index (Phi) is 5.13. The second-order valence-corrected chi connectivity index (χ2v) is 6.43. The van der Waals surface area contributed by atoms with E-state index in [-0.39, 0.29) is 6.09 Å². The molecule has 1 N–H and O–H groups in total. The molecule has 6 nitrogen and oxygen atoms in total. The summed E-state index contributed by atoms with van der Waals surface area (Å²) in [5.41, 5.74) is 1.63. The first kappa shape index (κ1) is 17.1. The molecule has 0 saturated carbocycles. The number of carbonyl (C=O) groups excluding carboxylic acids is 1. The predicted molar refractivity (Wildman–Crippen MR) is 90.7 cm³/mol. The number of rotatable bonds is 3. The number of hydrogen-bond donors (Lipinski definition) is 1. The quantitative estimate of drug-likeness (QED) is 0.927. The van der Waals surface area contributed by atoms with E-state index in [9.17, 15) is 4.79 Å². The average molecular weight is 319 g/mol. The van der Waals surface area contributed by atoms with Gasteiger partial charge in [-0.15, -0.1) is 0 Å². The minimum absolute atomic E-state index is 0.275. The van der Waals surface area contributed by atoms with E-state index in [0.29, 0.717) is 13.1 Å². The van der Waals surface area contributed by atoms with E-state index in [1.165, 1.54) is 0 Å². The number of carbonyl (C=O) groups is 1. The third-order valence-corrected chi connectivity index (χ3v) is 3.55. The summed E-state index contributed by atoms with van der Waals surface area (Å²) in [6.07, 6.45) is 4.31. The average Bonchev–Trinajstić information content (AvgIpc) is 2.52. The van der Waals surface area contributed by atoms with Crippen molar-refractivity contribution in [3.8, 4) is 5.75 Å². The van der Waals surface area contributed by atoms with Gasteiger partial charge in [0.1, 0.15) is 17.2 Å². The van der Waals surface area contributed by atoms with E-state index in [4.69, 9.17) is 9.47 Å². The summed E-state index contributed by atoms with van der Waals surface area (Å²) in [6.45, 7) is 6.76. The topological polar surface area (TPSA) is 63.7 Å². The highest BCUT2D eigenvalue weighted by Gasteiger charge is 2.24. The van der Waals surface area contributed by atoms with Crippen LogP contribution in [0.2, 0.25) is 0 Å². The molecule has 0 fully saturated rings. The molecule has 1 aliphatic heterocycles. The van der Waals surface area contributed by atoms with Crippen molar-refractivity contribution in [3.05, 3.63) is 23.9 Å². The van der Waals surface area contributed by atoms with Crippen LogP contribution in [-0.2, 0) is 4.74 Å². The Labute approximate surface area is 137 Å². The van der Waals surface area contributed by atoms with Crippen LogP contribution in [0.3, 0.4) is 0 Å². The maximum Gasteiger partial charge on any atom is 0.410 e. The summed E-state index contributed by atoms with van der Waals surface area (Å²) in [5, 5.41) is 3.00. The number of amides is 1. The molecule has 0 spiro atoms. The molecule has 0 saturated heterocycles. The van der Waals surface area contributed by atoms with Crippen LogP contribution in [0.15, 0.2) is 18.3 Å². The first-order chi connectivity index (χ1) is 10.8. The lowest BCUT2D eigenvalue weighted by molar-refractivity contribution is 0.0270. The second-order valence-electron chi connectivity index (χ2n) is 6.43. The molecule has 0 atom stereocenters. The maximum absolute atomic E-state index is 12.1. The zero-order valence-corrected chi connectivity index (χ0v) is 14.5. The van der Waals surface area contributed by atoms with Crippen molar-refractivity contribution in [1.82, 2.24) is 9.88 Å². The highest BCUT2D eigenvalue weighted by Crippen LogP contribution is 2.31. The molecular weight excluding hydrogens is 294 g/mol. The molecule has 2 heterocycles. The summed E-state index contributed by atoms with van der Waals surface area (Å²) >= 11 is 0. The van der Waals surface area contributed by atoms with E-state index >= 15 is 0 Å². The number of hydrogen-bond acceptors (Lipinski definition) is 5. The first-order valence-corrected chi connectivity index (χ1v) is 7.73. The molecule has 0 radical (unpaired) electrons. The van der Waals surface area contributed by atoms with Gasteiger partial charge in [0.05, 0.1) is 7.11 Å². The van der Waals surface area contributed by atoms with Gasteiger partial charge in [-0.25, -0.2) is 9.78 Å². The smallest absolute Gasteiger partial charge is 0.410 e. The van der Waals surface area contributed by atoms with Gasteiger partial charge in [-0.1, -0.05) is 6.08 Å². The van der Waals surface area contributed by atoms with Gasteiger partial charge < -0.3 is 19.7 Å². The highest BCUT2D eigenvalue weighted by molar-refractivity contribution is 5.75. The molecule has 2 rings (SSSR count). The lowest BCUT2D eigenvalue weighted by atomic mass is 10.0. The van der Waals surface area contributed by atoms with Crippen LogP contribution >= 0.6 is 0 Å². The van der Waals surface area contributed by atoms with Crippen LogP contribution in [0.5, 0.6) is 5.75 Å². The van der Waals surface area contributed by atoms with Crippen molar-refractivity contribution in [1.29, 1.82) is 0 Å². The van der Waals surface area contributed by atoms with Crippen LogP contribution in [0.1, 0.15) is 32.8 Å². The summed E-state index contributed by atoms with van der Waals surface area (Å²) < 4.78 is 10.9. The molecule has 0 unspecified atom stereocenters. The molecular formula is C17H25N3O3. The molecule has 1 amide bonds. The highest BCUT2D eigenvalue weighted by atomic mass is 16.6. The van der Waals surface area contributed by atoms with Gasteiger partial charge in [0.15, 0.2) is 0 Å². The van der Waals surface area contributed by atoms with Crippen molar-refractivity contribution in [2.24, 2.45) is 0 Å². The van der Waals surface area contributed by atoms with Crippen molar-refractivity contribution in [3.63, 3.8) is 0 Å². The molecule has 1 aromatic rings. The number of methoxy groups -OCH3 is 1. The number of nitrogens with zero attached hydrogens (tertiary/aromatic N) is 2. The van der Waals surface area contributed by atoms with Crippen molar-refractivity contribution >= 4 is 17.5 Å². The van der Waals surface area contributed by atoms with E-state index in [2.05, 4.69) is 10.3 Å². The standard InChI is InChI=1S/C17H25N3O3/c1-17(2,3)23-16(21)20-8-6-12(7-9-20)13-11-19-15(18-4)10-14(13)22-5/h6,10-11H,7-9H2,1-5H3,(H,18,19). The van der Waals surface area contributed by atoms with Gasteiger partial charge in [0.25, 0.3) is 0 Å². The fraction of sp³-hybridized carbons (Fsp3) is 0.529. The molecule has 1 aliphatic rings. The van der Waals surface area contributed by atoms with Gasteiger partial charge in [0.2, 0.25) is 0 Å². The number of aromatic nitrogens is 1. The third kappa shape index (κ3) is 4.37. The monoisotopic (exact) mass is 319 g/mol. The third-order valence-electron chi connectivity index (χ3n) is 3.55. The molecule has 0 bridgehead atoms. The molecule has 23 heavy (non-hydrogen) atoms. The van der Waals surface area contributed by atoms with Crippen LogP contribution in [-0.4, -0.2) is 48.8 Å². The Hall–Kier alpha value is -2.24. The summed E-state index contributed by atoms with van der Waals surface area (Å²) in [5.74, 6) is 1.54. The number of anilines is 1. The van der Waals surface area contributed by atoms with Crippen LogP contribution in [0.4, 0.5) is 10.6 Å². The van der Waals surface area contributed by atoms with Crippen molar-refractivity contribution in [2.75, 3.05) is 32.6 Å². The number of nitrogens with one attached hydrogen (secondary N) is 1. The van der Waals surface area contributed by atoms with Crippen LogP contribution < -0.4 is 10.1 Å².